The van der Waals surface area contributed by atoms with Gasteiger partial charge in [-0.1, -0.05) is 48.0 Å². The van der Waals surface area contributed by atoms with Crippen molar-refractivity contribution >= 4 is 46.7 Å². The Morgan fingerprint density at radius 2 is 1.67 bits per heavy atom. The second kappa shape index (κ2) is 9.97. The summed E-state index contributed by atoms with van der Waals surface area (Å²) in [5.74, 6) is -1.37. The number of esters is 1. The minimum Gasteiger partial charge on any atom is -0.452 e. The second-order valence-electron chi connectivity index (χ2n) is 10.6. The van der Waals surface area contributed by atoms with E-state index in [1.165, 1.54) is 22.6 Å². The van der Waals surface area contributed by atoms with Gasteiger partial charge in [-0.15, -0.1) is 0 Å². The van der Waals surface area contributed by atoms with Crippen LogP contribution in [0.1, 0.15) is 40.2 Å². The molecule has 6 rings (SSSR count). The van der Waals surface area contributed by atoms with Crippen molar-refractivity contribution in [3.8, 4) is 0 Å². The van der Waals surface area contributed by atoms with Crippen molar-refractivity contribution in [2.45, 2.75) is 25.7 Å². The summed E-state index contributed by atoms with van der Waals surface area (Å²) in [6.07, 6.45) is 1.84. The highest BCUT2D eigenvalue weighted by atomic mass is 35.5. The van der Waals surface area contributed by atoms with E-state index < -0.39 is 18.5 Å². The number of aryl methyl sites for hydroxylation is 1. The first kappa shape index (κ1) is 25.3. The number of nitrogens with one attached hydrogen (secondary N) is 1. The predicted molar refractivity (Wildman–Crippen MR) is 146 cm³/mol. The summed E-state index contributed by atoms with van der Waals surface area (Å²) in [6, 6.07) is 21.5. The lowest BCUT2D eigenvalue weighted by atomic mass is 9.73. The minimum atomic E-state index is -0.682. The zero-order valence-electron chi connectivity index (χ0n) is 21.3. The van der Waals surface area contributed by atoms with Gasteiger partial charge in [-0.05, 0) is 85.0 Å². The molecule has 0 unspecified atom stereocenters. The predicted octanol–water partition coefficient (Wildman–Crippen LogP) is 5.37. The molecule has 2 aliphatic carbocycles. The normalized spacial score (nSPS) is 25.1. The molecule has 1 N–H and O–H groups in total. The van der Waals surface area contributed by atoms with Gasteiger partial charge in [-0.25, -0.2) is 4.79 Å². The van der Waals surface area contributed by atoms with Crippen LogP contribution in [0.25, 0.3) is 0 Å². The number of anilines is 2. The lowest BCUT2D eigenvalue weighted by Crippen LogP contribution is -2.33. The van der Waals surface area contributed by atoms with Gasteiger partial charge < -0.3 is 10.1 Å². The van der Waals surface area contributed by atoms with E-state index in [4.69, 9.17) is 16.3 Å². The zero-order chi connectivity index (χ0) is 27.3. The molecule has 0 spiro atoms. The first-order valence-electron chi connectivity index (χ1n) is 13.1. The molecule has 198 valence electrons. The lowest BCUT2D eigenvalue weighted by molar-refractivity contribution is -0.123. The maximum absolute atomic E-state index is 13.5. The number of benzene rings is 3. The van der Waals surface area contributed by atoms with Crippen molar-refractivity contribution in [2.75, 3.05) is 16.8 Å². The van der Waals surface area contributed by atoms with Crippen LogP contribution in [0.3, 0.4) is 0 Å². The molecule has 0 radical (unpaired) electrons. The van der Waals surface area contributed by atoms with E-state index in [-0.39, 0.29) is 41.0 Å². The molecule has 3 amide bonds. The maximum atomic E-state index is 13.5. The number of carbonyl (C=O) groups is 4. The SMILES string of the molecule is Cc1ccc(NC(=O)COC(=O)c2ccc(N3C(=O)[C@@H]4[C@@H]5C[C@@H]([C@@H]4C3=O)[C@H](c3ccccc3)C5)cc2)cc1Cl. The van der Waals surface area contributed by atoms with Crippen LogP contribution in [0, 0.1) is 30.6 Å². The smallest absolute Gasteiger partial charge is 0.338 e. The van der Waals surface area contributed by atoms with Crippen molar-refractivity contribution in [1.82, 2.24) is 0 Å². The molecule has 7 nitrogen and oxygen atoms in total. The van der Waals surface area contributed by atoms with Crippen LogP contribution in [0.4, 0.5) is 11.4 Å². The summed E-state index contributed by atoms with van der Waals surface area (Å²) in [5.41, 5.74) is 3.29. The molecule has 5 atom stereocenters. The van der Waals surface area contributed by atoms with Gasteiger partial charge in [0.2, 0.25) is 11.8 Å². The van der Waals surface area contributed by atoms with Gasteiger partial charge in [0.15, 0.2) is 6.61 Å². The fourth-order valence-corrected chi connectivity index (χ4v) is 6.81. The van der Waals surface area contributed by atoms with Gasteiger partial charge in [0, 0.05) is 10.7 Å². The summed E-state index contributed by atoms with van der Waals surface area (Å²) < 4.78 is 5.14. The van der Waals surface area contributed by atoms with Gasteiger partial charge in [0.05, 0.1) is 23.1 Å². The minimum absolute atomic E-state index is 0.146. The molecule has 1 heterocycles. The molecular formula is C31H27ClN2O5. The van der Waals surface area contributed by atoms with E-state index in [1.807, 2.05) is 25.1 Å². The van der Waals surface area contributed by atoms with Crippen molar-refractivity contribution in [3.05, 3.63) is 94.5 Å². The molecule has 2 saturated carbocycles. The largest absolute Gasteiger partial charge is 0.452 e. The van der Waals surface area contributed by atoms with Gasteiger partial charge >= 0.3 is 5.97 Å². The van der Waals surface area contributed by atoms with Gasteiger partial charge in [0.25, 0.3) is 5.91 Å². The molecule has 39 heavy (non-hydrogen) atoms. The summed E-state index contributed by atoms with van der Waals surface area (Å²) in [7, 11) is 0. The molecule has 3 aromatic rings. The highest BCUT2D eigenvalue weighted by Crippen LogP contribution is 2.61. The summed E-state index contributed by atoms with van der Waals surface area (Å²) in [6.45, 7) is 1.39. The Labute approximate surface area is 231 Å². The number of fused-ring (bicyclic) bond motifs is 5. The van der Waals surface area contributed by atoms with Crippen LogP contribution in [0.15, 0.2) is 72.8 Å². The van der Waals surface area contributed by atoms with Crippen molar-refractivity contribution in [1.29, 1.82) is 0 Å². The molecule has 0 aromatic heterocycles. The standard InChI is InChI=1S/C31H27ClN2O5/c1-17-7-10-21(15-25(17)32)33-26(35)16-39-31(38)19-8-11-22(12-9-19)34-29(36)27-20-13-23(18-5-3-2-4-6-18)24(14-20)28(27)30(34)37/h2-12,15,20,23-24,27-28H,13-14,16H2,1H3,(H,33,35)/t20-,23-,24+,27+,28-/m0/s1. The summed E-state index contributed by atoms with van der Waals surface area (Å²) in [4.78, 5) is 52.9. The number of hydrogen-bond acceptors (Lipinski definition) is 5. The summed E-state index contributed by atoms with van der Waals surface area (Å²) >= 11 is 6.08. The number of imide groups is 1. The topological polar surface area (TPSA) is 92.8 Å². The number of halogens is 1. The Morgan fingerprint density at radius 1 is 0.949 bits per heavy atom. The van der Waals surface area contributed by atoms with Crippen LogP contribution in [-0.4, -0.2) is 30.3 Å². The van der Waals surface area contributed by atoms with Gasteiger partial charge in [-0.2, -0.15) is 0 Å². The third-order valence-corrected chi connectivity index (χ3v) is 8.80. The molecular weight excluding hydrogens is 516 g/mol. The van der Waals surface area contributed by atoms with E-state index >= 15 is 0 Å². The lowest BCUT2D eigenvalue weighted by Gasteiger charge is -2.28. The molecule has 2 bridgehead atoms. The number of nitrogens with zero attached hydrogens (tertiary/aromatic N) is 1. The zero-order valence-corrected chi connectivity index (χ0v) is 22.1. The molecule has 1 saturated heterocycles. The highest BCUT2D eigenvalue weighted by Gasteiger charge is 2.64. The number of amides is 3. The third kappa shape index (κ3) is 4.51. The number of ether oxygens (including phenoxy) is 1. The fourth-order valence-electron chi connectivity index (χ4n) is 6.63. The fraction of sp³-hybridized carbons (Fsp3) is 0.290. The van der Waals surface area contributed by atoms with Crippen LogP contribution in [0.5, 0.6) is 0 Å². The van der Waals surface area contributed by atoms with E-state index in [0.717, 1.165) is 18.4 Å². The maximum Gasteiger partial charge on any atom is 0.338 e. The first-order valence-corrected chi connectivity index (χ1v) is 13.5. The average molecular weight is 543 g/mol. The van der Waals surface area contributed by atoms with E-state index in [0.29, 0.717) is 22.3 Å². The summed E-state index contributed by atoms with van der Waals surface area (Å²) in [5, 5.41) is 3.16. The number of carbonyl (C=O) groups excluding carboxylic acids is 4. The van der Waals surface area contributed by atoms with Gasteiger partial charge in [-0.3, -0.25) is 19.3 Å². The quantitative estimate of drug-likeness (QED) is 0.334. The molecule has 3 fully saturated rings. The molecule has 3 aromatic carbocycles. The van der Waals surface area contributed by atoms with Crippen molar-refractivity contribution in [3.63, 3.8) is 0 Å². The second-order valence-corrected chi connectivity index (χ2v) is 11.0. The van der Waals surface area contributed by atoms with Crippen LogP contribution in [0.2, 0.25) is 5.02 Å². The Balaban J connectivity index is 1.09. The highest BCUT2D eigenvalue weighted by molar-refractivity contribution is 6.31. The number of hydrogen-bond donors (Lipinski definition) is 1. The monoisotopic (exact) mass is 542 g/mol. The van der Waals surface area contributed by atoms with Crippen molar-refractivity contribution < 1.29 is 23.9 Å². The Hall–Kier alpha value is -3.97. The van der Waals surface area contributed by atoms with Crippen LogP contribution in [-0.2, 0) is 19.1 Å². The third-order valence-electron chi connectivity index (χ3n) is 8.39. The van der Waals surface area contributed by atoms with Crippen molar-refractivity contribution in [2.24, 2.45) is 23.7 Å². The Morgan fingerprint density at radius 3 is 2.38 bits per heavy atom. The molecule has 3 aliphatic rings. The van der Waals surface area contributed by atoms with Crippen LogP contribution < -0.4 is 10.2 Å². The molecule has 1 aliphatic heterocycles. The van der Waals surface area contributed by atoms with E-state index in [1.54, 1.807) is 30.3 Å². The first-order chi connectivity index (χ1) is 18.8. The Bertz CT molecular complexity index is 1470. The van der Waals surface area contributed by atoms with E-state index in [2.05, 4.69) is 17.4 Å². The Kier molecular flexibility index (Phi) is 6.47. The van der Waals surface area contributed by atoms with E-state index in [9.17, 15) is 19.2 Å². The molecule has 8 heteroatoms. The average Bonchev–Trinajstić information content (AvgIpc) is 3.61. The van der Waals surface area contributed by atoms with Gasteiger partial charge in [0.1, 0.15) is 0 Å². The number of rotatable bonds is 6. The van der Waals surface area contributed by atoms with Crippen LogP contribution >= 0.6 is 11.6 Å².